The summed E-state index contributed by atoms with van der Waals surface area (Å²) in [6, 6.07) is 32.7. The molecule has 164 valence electrons. The third-order valence-electron chi connectivity index (χ3n) is 6.14. The number of benzene rings is 4. The summed E-state index contributed by atoms with van der Waals surface area (Å²) >= 11 is 0. The van der Waals surface area contributed by atoms with Crippen LogP contribution in [-0.2, 0) is 13.2 Å². The van der Waals surface area contributed by atoms with E-state index in [1.54, 1.807) is 12.1 Å². The van der Waals surface area contributed by atoms with Crippen molar-refractivity contribution in [1.29, 1.82) is 0 Å². The van der Waals surface area contributed by atoms with Gasteiger partial charge in [-0.2, -0.15) is 0 Å². The second-order valence-corrected chi connectivity index (χ2v) is 8.55. The molecular weight excluding hydrogens is 406 g/mol. The van der Waals surface area contributed by atoms with Gasteiger partial charge in [-0.3, -0.25) is 0 Å². The number of fused-ring (bicyclic) bond motifs is 1. The molecule has 0 aliphatic heterocycles. The Morgan fingerprint density at radius 3 is 2.21 bits per heavy atom. The van der Waals surface area contributed by atoms with Crippen LogP contribution in [0.4, 0.5) is 0 Å². The van der Waals surface area contributed by atoms with Gasteiger partial charge >= 0.3 is 0 Å². The lowest BCUT2D eigenvalue weighted by molar-refractivity contribution is 0.306. The van der Waals surface area contributed by atoms with Gasteiger partial charge in [0.2, 0.25) is 0 Å². The molecule has 0 radical (unpaired) electrons. The van der Waals surface area contributed by atoms with E-state index in [4.69, 9.17) is 4.74 Å². The molecule has 0 atom stereocenters. The van der Waals surface area contributed by atoms with Crippen molar-refractivity contribution in [1.82, 2.24) is 4.57 Å². The molecule has 33 heavy (non-hydrogen) atoms. The molecule has 0 saturated carbocycles. The van der Waals surface area contributed by atoms with Crippen LogP contribution in [0.2, 0.25) is 0 Å². The summed E-state index contributed by atoms with van der Waals surface area (Å²) in [6.07, 6.45) is 0. The van der Waals surface area contributed by atoms with Gasteiger partial charge in [-0.1, -0.05) is 72.3 Å². The van der Waals surface area contributed by atoms with Crippen LogP contribution < -0.4 is 4.74 Å². The monoisotopic (exact) mass is 433 g/mol. The van der Waals surface area contributed by atoms with E-state index >= 15 is 0 Å². The minimum Gasteiger partial charge on any atom is -0.508 e. The Kier molecular flexibility index (Phi) is 5.62. The van der Waals surface area contributed by atoms with Gasteiger partial charge in [0.25, 0.3) is 0 Å². The van der Waals surface area contributed by atoms with Crippen LogP contribution >= 0.6 is 0 Å². The Balaban J connectivity index is 1.58. The number of hydrogen-bond acceptors (Lipinski definition) is 2. The molecule has 1 heterocycles. The molecule has 5 aromatic rings. The van der Waals surface area contributed by atoms with Crippen molar-refractivity contribution in [2.75, 3.05) is 0 Å². The van der Waals surface area contributed by atoms with Crippen molar-refractivity contribution < 1.29 is 9.84 Å². The third-order valence-corrected chi connectivity index (χ3v) is 6.14. The van der Waals surface area contributed by atoms with Gasteiger partial charge in [0.05, 0.1) is 5.69 Å². The lowest BCUT2D eigenvalue weighted by atomic mass is 10.0. The average molecular weight is 434 g/mol. The summed E-state index contributed by atoms with van der Waals surface area (Å²) < 4.78 is 8.48. The summed E-state index contributed by atoms with van der Waals surface area (Å²) in [5.41, 5.74) is 8.34. The maximum Gasteiger partial charge on any atom is 0.120 e. The molecule has 0 aliphatic carbocycles. The highest BCUT2D eigenvalue weighted by Gasteiger charge is 2.17. The van der Waals surface area contributed by atoms with Gasteiger partial charge in [-0.05, 0) is 66.4 Å². The number of ether oxygens (including phenoxy) is 1. The Morgan fingerprint density at radius 2 is 1.48 bits per heavy atom. The fraction of sp³-hybridized carbons (Fsp3) is 0.133. The smallest absolute Gasteiger partial charge is 0.120 e. The Bertz CT molecular complexity index is 1380. The van der Waals surface area contributed by atoms with Crippen molar-refractivity contribution >= 4 is 10.9 Å². The molecule has 1 aromatic heterocycles. The van der Waals surface area contributed by atoms with E-state index in [0.29, 0.717) is 6.61 Å². The van der Waals surface area contributed by atoms with Crippen molar-refractivity contribution in [2.24, 2.45) is 0 Å². The van der Waals surface area contributed by atoms with E-state index in [1.165, 1.54) is 33.3 Å². The Labute approximate surface area is 194 Å². The molecule has 0 bridgehead atoms. The van der Waals surface area contributed by atoms with E-state index in [-0.39, 0.29) is 5.75 Å². The fourth-order valence-electron chi connectivity index (χ4n) is 4.36. The van der Waals surface area contributed by atoms with Gasteiger partial charge in [0.15, 0.2) is 0 Å². The number of rotatable bonds is 6. The van der Waals surface area contributed by atoms with E-state index in [2.05, 4.69) is 73.0 Å². The number of phenols is 1. The van der Waals surface area contributed by atoms with Crippen molar-refractivity contribution in [3.05, 3.63) is 119 Å². The van der Waals surface area contributed by atoms with Crippen LogP contribution in [0.15, 0.2) is 97.1 Å². The second kappa shape index (κ2) is 8.87. The highest BCUT2D eigenvalue weighted by atomic mass is 16.5. The molecule has 0 saturated heterocycles. The summed E-state index contributed by atoms with van der Waals surface area (Å²) in [7, 11) is 0. The zero-order valence-corrected chi connectivity index (χ0v) is 19.0. The molecule has 1 N–H and O–H groups in total. The minimum atomic E-state index is 0.284. The van der Waals surface area contributed by atoms with Gasteiger partial charge in [-0.25, -0.2) is 0 Å². The highest BCUT2D eigenvalue weighted by Crippen LogP contribution is 2.36. The van der Waals surface area contributed by atoms with Crippen LogP contribution in [-0.4, -0.2) is 9.67 Å². The molecule has 0 aliphatic rings. The van der Waals surface area contributed by atoms with Crippen molar-refractivity contribution in [2.45, 2.75) is 27.0 Å². The third kappa shape index (κ3) is 4.35. The molecular formula is C30H27NO2. The summed E-state index contributed by atoms with van der Waals surface area (Å²) in [6.45, 7) is 5.56. The topological polar surface area (TPSA) is 34.4 Å². The second-order valence-electron chi connectivity index (χ2n) is 8.55. The van der Waals surface area contributed by atoms with Crippen LogP contribution in [0.25, 0.3) is 22.2 Å². The molecule has 0 spiro atoms. The number of phenolic OH excluding ortho intramolecular Hbond substituents is 1. The predicted molar refractivity (Wildman–Crippen MR) is 135 cm³/mol. The van der Waals surface area contributed by atoms with Crippen molar-refractivity contribution in [3.8, 4) is 22.8 Å². The van der Waals surface area contributed by atoms with Gasteiger partial charge in [0.1, 0.15) is 18.1 Å². The number of aryl methyl sites for hydroxylation is 2. The molecule has 4 aromatic carbocycles. The average Bonchev–Trinajstić information content (AvgIpc) is 3.11. The number of hydrogen-bond donors (Lipinski definition) is 1. The largest absolute Gasteiger partial charge is 0.508 e. The quantitative estimate of drug-likeness (QED) is 0.306. The molecule has 0 fully saturated rings. The standard InChI is InChI=1S/C30H27NO2/c1-21-8-12-25(13-9-21)30-22(2)28-18-27(33-20-24-6-4-3-5-7-24)16-17-29(28)31(30)19-23-10-14-26(32)15-11-23/h3-18,32H,19-20H2,1-2H3. The van der Waals surface area contributed by atoms with E-state index in [0.717, 1.165) is 23.4 Å². The summed E-state index contributed by atoms with van der Waals surface area (Å²) in [5.74, 6) is 1.15. The summed E-state index contributed by atoms with van der Waals surface area (Å²) in [4.78, 5) is 0. The minimum absolute atomic E-state index is 0.284. The predicted octanol–water partition coefficient (Wildman–Crippen LogP) is 7.26. The first-order valence-electron chi connectivity index (χ1n) is 11.2. The van der Waals surface area contributed by atoms with E-state index in [1.807, 2.05) is 30.3 Å². The Morgan fingerprint density at radius 1 is 0.758 bits per heavy atom. The molecule has 5 rings (SSSR count). The lowest BCUT2D eigenvalue weighted by Crippen LogP contribution is -2.02. The van der Waals surface area contributed by atoms with E-state index < -0.39 is 0 Å². The normalized spacial score (nSPS) is 11.1. The number of aromatic nitrogens is 1. The fourth-order valence-corrected chi connectivity index (χ4v) is 4.36. The van der Waals surface area contributed by atoms with Crippen molar-refractivity contribution in [3.63, 3.8) is 0 Å². The summed E-state index contributed by atoms with van der Waals surface area (Å²) in [5, 5.41) is 10.9. The van der Waals surface area contributed by atoms with Gasteiger partial charge in [-0.15, -0.1) is 0 Å². The van der Waals surface area contributed by atoms with E-state index in [9.17, 15) is 5.11 Å². The SMILES string of the molecule is Cc1ccc(-c2c(C)c3cc(OCc4ccccc4)ccc3n2Cc2ccc(O)cc2)cc1. The van der Waals surface area contributed by atoms with Crippen LogP contribution in [0.1, 0.15) is 22.3 Å². The number of aromatic hydroxyl groups is 1. The molecule has 0 amide bonds. The maximum absolute atomic E-state index is 9.70. The lowest BCUT2D eigenvalue weighted by Gasteiger charge is -2.13. The first-order chi connectivity index (χ1) is 16.1. The molecule has 0 unspecified atom stereocenters. The number of nitrogens with zero attached hydrogens (tertiary/aromatic N) is 1. The molecule has 3 heteroatoms. The first kappa shape index (κ1) is 20.9. The highest BCUT2D eigenvalue weighted by molar-refractivity contribution is 5.92. The van der Waals surface area contributed by atoms with Crippen LogP contribution in [0, 0.1) is 13.8 Å². The first-order valence-corrected chi connectivity index (χ1v) is 11.2. The van der Waals surface area contributed by atoms with Gasteiger partial charge in [0, 0.05) is 17.4 Å². The molecule has 3 nitrogen and oxygen atoms in total. The zero-order valence-electron chi connectivity index (χ0n) is 19.0. The Hall–Kier alpha value is -3.98. The van der Waals surface area contributed by atoms with Crippen LogP contribution in [0.3, 0.4) is 0 Å². The zero-order chi connectivity index (χ0) is 22.8. The van der Waals surface area contributed by atoms with Gasteiger partial charge < -0.3 is 14.4 Å². The maximum atomic E-state index is 9.70. The van der Waals surface area contributed by atoms with Crippen LogP contribution in [0.5, 0.6) is 11.5 Å².